The Kier molecular flexibility index (Phi) is 4.89. The van der Waals surface area contributed by atoms with Crippen molar-refractivity contribution >= 4 is 21.8 Å². The Labute approximate surface area is 119 Å². The molecule has 1 aromatic rings. The van der Waals surface area contributed by atoms with E-state index in [4.69, 9.17) is 0 Å². The van der Waals surface area contributed by atoms with Gasteiger partial charge < -0.3 is 5.32 Å². The lowest BCUT2D eigenvalue weighted by atomic mass is 10.1. The summed E-state index contributed by atoms with van der Waals surface area (Å²) in [5, 5.41) is 3.11. The second kappa shape index (κ2) is 6.26. The van der Waals surface area contributed by atoms with Gasteiger partial charge in [-0.15, -0.1) is 11.8 Å². The first-order valence-corrected chi connectivity index (χ1v) is 9.03. The molecule has 106 valence electrons. The van der Waals surface area contributed by atoms with Crippen LogP contribution >= 0.6 is 11.8 Å². The summed E-state index contributed by atoms with van der Waals surface area (Å²) in [6.07, 6.45) is 2.88. The molecule has 0 saturated carbocycles. The maximum absolute atomic E-state index is 12.5. The predicted molar refractivity (Wildman–Crippen MR) is 79.0 cm³/mol. The number of nitrogens with one attached hydrogen (secondary N) is 1. The topological polar surface area (TPSA) is 49.4 Å². The molecule has 0 spiro atoms. The number of hydrogen-bond donors (Lipinski definition) is 1. The summed E-state index contributed by atoms with van der Waals surface area (Å²) in [5.74, 6) is 0.420. The Morgan fingerprint density at radius 3 is 2.95 bits per heavy atom. The van der Waals surface area contributed by atoms with E-state index in [-0.39, 0.29) is 0 Å². The van der Waals surface area contributed by atoms with Crippen LogP contribution in [0.4, 0.5) is 0 Å². The van der Waals surface area contributed by atoms with Crippen LogP contribution in [0.1, 0.15) is 6.42 Å². The molecule has 1 aliphatic heterocycles. The molecule has 2 rings (SSSR count). The molecule has 1 aliphatic rings. The lowest BCUT2D eigenvalue weighted by Gasteiger charge is -2.17. The highest BCUT2D eigenvalue weighted by Gasteiger charge is 2.32. The molecule has 1 heterocycles. The minimum Gasteiger partial charge on any atom is -0.319 e. The van der Waals surface area contributed by atoms with Crippen LogP contribution < -0.4 is 5.32 Å². The van der Waals surface area contributed by atoms with Crippen molar-refractivity contribution in [2.24, 2.45) is 5.92 Å². The van der Waals surface area contributed by atoms with Crippen molar-refractivity contribution in [1.82, 2.24) is 9.62 Å². The molecule has 0 bridgehead atoms. The minimum absolute atomic E-state index is 0.407. The van der Waals surface area contributed by atoms with E-state index in [0.29, 0.717) is 23.9 Å². The van der Waals surface area contributed by atoms with Crippen LogP contribution in [0.15, 0.2) is 34.1 Å². The molecule has 0 aliphatic carbocycles. The van der Waals surface area contributed by atoms with E-state index in [1.807, 2.05) is 19.4 Å². The molecule has 19 heavy (non-hydrogen) atoms. The van der Waals surface area contributed by atoms with E-state index < -0.39 is 10.0 Å². The summed E-state index contributed by atoms with van der Waals surface area (Å²) in [6, 6.07) is 7.17. The number of nitrogens with zero attached hydrogens (tertiary/aromatic N) is 1. The predicted octanol–water partition coefficient (Wildman–Crippen LogP) is 1.64. The van der Waals surface area contributed by atoms with Gasteiger partial charge in [-0.3, -0.25) is 0 Å². The van der Waals surface area contributed by atoms with Crippen molar-refractivity contribution in [2.45, 2.75) is 16.2 Å². The van der Waals surface area contributed by atoms with Crippen molar-refractivity contribution in [3.63, 3.8) is 0 Å². The van der Waals surface area contributed by atoms with E-state index in [0.717, 1.165) is 17.9 Å². The van der Waals surface area contributed by atoms with Gasteiger partial charge in [-0.05, 0) is 50.4 Å². The fourth-order valence-corrected chi connectivity index (χ4v) is 4.49. The quantitative estimate of drug-likeness (QED) is 0.840. The van der Waals surface area contributed by atoms with E-state index in [1.54, 1.807) is 34.3 Å². The molecule has 1 atom stereocenters. The Morgan fingerprint density at radius 1 is 1.47 bits per heavy atom. The molecule has 1 unspecified atom stereocenters. The Hall–Kier alpha value is -0.560. The van der Waals surface area contributed by atoms with Gasteiger partial charge in [0.15, 0.2) is 0 Å². The molecule has 1 N–H and O–H groups in total. The van der Waals surface area contributed by atoms with E-state index in [2.05, 4.69) is 5.32 Å². The van der Waals surface area contributed by atoms with Gasteiger partial charge in [-0.2, -0.15) is 4.31 Å². The highest BCUT2D eigenvalue weighted by molar-refractivity contribution is 7.98. The van der Waals surface area contributed by atoms with Crippen molar-refractivity contribution < 1.29 is 8.42 Å². The maximum atomic E-state index is 12.5. The van der Waals surface area contributed by atoms with Crippen molar-refractivity contribution in [3.05, 3.63) is 24.3 Å². The smallest absolute Gasteiger partial charge is 0.243 e. The fourth-order valence-electron chi connectivity index (χ4n) is 2.38. The standard InChI is InChI=1S/C13H20N2O2S2/c1-14-9-11-6-7-15(10-11)19(16,17)13-5-3-4-12(8-13)18-2/h3-5,8,11,14H,6-7,9-10H2,1-2H3. The lowest BCUT2D eigenvalue weighted by molar-refractivity contribution is 0.451. The first-order valence-electron chi connectivity index (χ1n) is 6.36. The molecule has 0 radical (unpaired) electrons. The second-order valence-corrected chi connectivity index (χ2v) is 7.57. The highest BCUT2D eigenvalue weighted by atomic mass is 32.2. The Bertz CT molecular complexity index is 531. The van der Waals surface area contributed by atoms with E-state index in [1.165, 1.54) is 0 Å². The lowest BCUT2D eigenvalue weighted by Crippen LogP contribution is -2.30. The molecular formula is C13H20N2O2S2. The summed E-state index contributed by atoms with van der Waals surface area (Å²) in [6.45, 7) is 2.11. The zero-order valence-corrected chi connectivity index (χ0v) is 12.9. The van der Waals surface area contributed by atoms with Gasteiger partial charge in [0.2, 0.25) is 10.0 Å². The number of thioether (sulfide) groups is 1. The van der Waals surface area contributed by atoms with Crippen LogP contribution in [0, 0.1) is 5.92 Å². The largest absolute Gasteiger partial charge is 0.319 e. The SMILES string of the molecule is CNCC1CCN(S(=O)(=O)c2cccc(SC)c2)C1. The van der Waals surface area contributed by atoms with Gasteiger partial charge in [0, 0.05) is 18.0 Å². The van der Waals surface area contributed by atoms with Gasteiger partial charge in [0.05, 0.1) is 4.90 Å². The number of benzene rings is 1. The molecule has 6 heteroatoms. The van der Waals surface area contributed by atoms with Crippen LogP contribution in [0.25, 0.3) is 0 Å². The van der Waals surface area contributed by atoms with Crippen LogP contribution in [-0.2, 0) is 10.0 Å². The van der Waals surface area contributed by atoms with Crippen molar-refractivity contribution in [3.8, 4) is 0 Å². The Balaban J connectivity index is 2.18. The van der Waals surface area contributed by atoms with Crippen LogP contribution in [0.5, 0.6) is 0 Å². The Morgan fingerprint density at radius 2 is 2.26 bits per heavy atom. The third-order valence-electron chi connectivity index (χ3n) is 3.42. The average molecular weight is 300 g/mol. The average Bonchev–Trinajstić information content (AvgIpc) is 2.88. The summed E-state index contributed by atoms with van der Waals surface area (Å²) in [5.41, 5.74) is 0. The first kappa shape index (κ1) is 14.8. The molecule has 0 amide bonds. The van der Waals surface area contributed by atoms with Crippen LogP contribution in [0.2, 0.25) is 0 Å². The molecular weight excluding hydrogens is 280 g/mol. The van der Waals surface area contributed by atoms with Gasteiger partial charge in [0.1, 0.15) is 0 Å². The molecule has 0 aromatic heterocycles. The zero-order valence-electron chi connectivity index (χ0n) is 11.3. The number of sulfonamides is 1. The molecule has 1 saturated heterocycles. The summed E-state index contributed by atoms with van der Waals surface area (Å²) >= 11 is 1.56. The molecule has 1 aromatic carbocycles. The zero-order chi connectivity index (χ0) is 13.9. The third-order valence-corrected chi connectivity index (χ3v) is 6.01. The minimum atomic E-state index is -3.33. The van der Waals surface area contributed by atoms with E-state index in [9.17, 15) is 8.42 Å². The second-order valence-electron chi connectivity index (χ2n) is 4.75. The third kappa shape index (κ3) is 3.31. The molecule has 1 fully saturated rings. The van der Waals surface area contributed by atoms with Gasteiger partial charge >= 0.3 is 0 Å². The van der Waals surface area contributed by atoms with Gasteiger partial charge in [0.25, 0.3) is 0 Å². The maximum Gasteiger partial charge on any atom is 0.243 e. The summed E-state index contributed by atoms with van der Waals surface area (Å²) in [7, 11) is -1.43. The van der Waals surface area contributed by atoms with E-state index >= 15 is 0 Å². The normalized spacial score (nSPS) is 20.8. The fraction of sp³-hybridized carbons (Fsp3) is 0.538. The van der Waals surface area contributed by atoms with Crippen molar-refractivity contribution in [1.29, 1.82) is 0 Å². The highest BCUT2D eigenvalue weighted by Crippen LogP contribution is 2.26. The summed E-state index contributed by atoms with van der Waals surface area (Å²) in [4.78, 5) is 1.39. The number of hydrogen-bond acceptors (Lipinski definition) is 4. The first-order chi connectivity index (χ1) is 9.07. The van der Waals surface area contributed by atoms with Crippen LogP contribution in [-0.4, -0.2) is 45.7 Å². The van der Waals surface area contributed by atoms with Gasteiger partial charge in [-0.1, -0.05) is 6.07 Å². The molecule has 4 nitrogen and oxygen atoms in total. The summed E-state index contributed by atoms with van der Waals surface area (Å²) < 4.78 is 26.7. The van der Waals surface area contributed by atoms with Crippen molar-refractivity contribution in [2.75, 3.05) is 32.9 Å². The monoisotopic (exact) mass is 300 g/mol. The number of rotatable bonds is 5. The van der Waals surface area contributed by atoms with Gasteiger partial charge in [-0.25, -0.2) is 8.42 Å². The van der Waals surface area contributed by atoms with Crippen LogP contribution in [0.3, 0.4) is 0 Å².